The van der Waals surface area contributed by atoms with Gasteiger partial charge in [-0.1, -0.05) is 17.7 Å². The molecular formula is C18H15ClF4N6O. The summed E-state index contributed by atoms with van der Waals surface area (Å²) in [6.45, 7) is 1.87. The molecule has 0 saturated heterocycles. The number of rotatable bonds is 2. The molecule has 12 heteroatoms. The van der Waals surface area contributed by atoms with Gasteiger partial charge in [-0.15, -0.1) is 5.53 Å². The van der Waals surface area contributed by atoms with Crippen LogP contribution in [0.25, 0.3) is 0 Å². The molecule has 0 bridgehead atoms. The van der Waals surface area contributed by atoms with Gasteiger partial charge in [0.1, 0.15) is 0 Å². The fourth-order valence-electron chi connectivity index (χ4n) is 3.39. The molecule has 0 unspecified atom stereocenters. The first kappa shape index (κ1) is 20.4. The topological polar surface area (TPSA) is 73.4 Å². The fraction of sp³-hybridized carbons (Fsp3) is 0.278. The zero-order chi connectivity index (χ0) is 21.6. The van der Waals surface area contributed by atoms with E-state index in [2.05, 4.69) is 20.9 Å². The highest BCUT2D eigenvalue weighted by Crippen LogP contribution is 2.37. The third-order valence-corrected chi connectivity index (χ3v) is 5.30. The van der Waals surface area contributed by atoms with Crippen LogP contribution in [0, 0.1) is 5.82 Å². The van der Waals surface area contributed by atoms with E-state index in [1.807, 2.05) is 0 Å². The second-order valence-corrected chi connectivity index (χ2v) is 7.23. The van der Waals surface area contributed by atoms with Gasteiger partial charge in [-0.25, -0.2) is 19.4 Å². The Morgan fingerprint density at radius 2 is 1.97 bits per heavy atom. The van der Waals surface area contributed by atoms with E-state index in [-0.39, 0.29) is 24.1 Å². The van der Waals surface area contributed by atoms with Crippen molar-refractivity contribution >= 4 is 23.5 Å². The van der Waals surface area contributed by atoms with Crippen molar-refractivity contribution in [2.75, 3.05) is 11.6 Å². The minimum absolute atomic E-state index is 0.104. The maximum absolute atomic E-state index is 13.1. The van der Waals surface area contributed by atoms with Gasteiger partial charge in [-0.2, -0.15) is 13.2 Å². The van der Waals surface area contributed by atoms with E-state index in [0.717, 1.165) is 30.2 Å². The highest BCUT2D eigenvalue weighted by atomic mass is 35.5. The molecule has 0 spiro atoms. The molecule has 0 aliphatic carbocycles. The Morgan fingerprint density at radius 3 is 2.63 bits per heavy atom. The summed E-state index contributed by atoms with van der Waals surface area (Å²) in [5.74, 6) is -0.975. The number of aromatic nitrogens is 2. The summed E-state index contributed by atoms with van der Waals surface area (Å²) in [5, 5.41) is 0.908. The van der Waals surface area contributed by atoms with Crippen molar-refractivity contribution in [2.45, 2.75) is 25.6 Å². The predicted octanol–water partition coefficient (Wildman–Crippen LogP) is 3.26. The number of hydrogen-bond acceptors (Lipinski definition) is 6. The predicted molar refractivity (Wildman–Crippen MR) is 99.3 cm³/mol. The number of anilines is 1. The lowest BCUT2D eigenvalue weighted by atomic mass is 10.0. The number of nitrogens with zero attached hydrogens (tertiary/aromatic N) is 4. The van der Waals surface area contributed by atoms with Crippen molar-refractivity contribution in [3.63, 3.8) is 0 Å². The molecule has 158 valence electrons. The second kappa shape index (κ2) is 7.40. The SMILES string of the molecule is C[C@H]1CC2=C(CN1C(=O)c1cccc(C(F)(F)F)c1Cl)NNN2c1ncc(F)cn1. The molecule has 1 amide bonds. The van der Waals surface area contributed by atoms with Gasteiger partial charge >= 0.3 is 6.18 Å². The average Bonchev–Trinajstić information content (AvgIpc) is 3.09. The van der Waals surface area contributed by atoms with Crippen LogP contribution in [-0.4, -0.2) is 33.4 Å². The molecule has 4 rings (SSSR count). The van der Waals surface area contributed by atoms with Crippen LogP contribution in [0.2, 0.25) is 5.02 Å². The number of halogens is 5. The highest BCUT2D eigenvalue weighted by molar-refractivity contribution is 6.34. The molecule has 30 heavy (non-hydrogen) atoms. The van der Waals surface area contributed by atoms with Crippen LogP contribution in [0.5, 0.6) is 0 Å². The number of carbonyl (C=O) groups excluding carboxylic acids is 1. The smallest absolute Gasteiger partial charge is 0.330 e. The maximum atomic E-state index is 13.1. The van der Waals surface area contributed by atoms with Crippen LogP contribution in [0.3, 0.4) is 0 Å². The van der Waals surface area contributed by atoms with E-state index in [9.17, 15) is 22.4 Å². The van der Waals surface area contributed by atoms with E-state index in [1.165, 1.54) is 16.0 Å². The summed E-state index contributed by atoms with van der Waals surface area (Å²) < 4.78 is 52.5. The lowest BCUT2D eigenvalue weighted by Gasteiger charge is -2.35. The zero-order valence-corrected chi connectivity index (χ0v) is 16.2. The zero-order valence-electron chi connectivity index (χ0n) is 15.5. The first-order valence-corrected chi connectivity index (χ1v) is 9.22. The van der Waals surface area contributed by atoms with Gasteiger partial charge in [-0.05, 0) is 19.1 Å². The van der Waals surface area contributed by atoms with Crippen LogP contribution in [0.4, 0.5) is 23.5 Å². The Bertz CT molecular complexity index is 1030. The molecule has 1 atom stereocenters. The Hall–Kier alpha value is -2.92. The number of amides is 1. The average molecular weight is 443 g/mol. The Morgan fingerprint density at radius 1 is 1.27 bits per heavy atom. The van der Waals surface area contributed by atoms with Crippen molar-refractivity contribution in [2.24, 2.45) is 0 Å². The molecule has 7 nitrogen and oxygen atoms in total. The van der Waals surface area contributed by atoms with Crippen LogP contribution in [0.15, 0.2) is 42.0 Å². The highest BCUT2D eigenvalue weighted by Gasteiger charge is 2.39. The largest absolute Gasteiger partial charge is 0.417 e. The number of hydrogen-bond donors (Lipinski definition) is 2. The molecule has 1 aromatic heterocycles. The van der Waals surface area contributed by atoms with Gasteiger partial charge in [0, 0.05) is 12.5 Å². The molecule has 0 radical (unpaired) electrons. The minimum atomic E-state index is -4.66. The van der Waals surface area contributed by atoms with Gasteiger partial charge in [0.25, 0.3) is 5.91 Å². The van der Waals surface area contributed by atoms with Crippen molar-refractivity contribution in [3.05, 3.63) is 64.0 Å². The first-order valence-electron chi connectivity index (χ1n) is 8.85. The summed E-state index contributed by atoms with van der Waals surface area (Å²) >= 11 is 5.92. The molecule has 2 N–H and O–H groups in total. The van der Waals surface area contributed by atoms with Gasteiger partial charge in [0.2, 0.25) is 5.95 Å². The third kappa shape index (κ3) is 3.54. The molecule has 2 aliphatic heterocycles. The van der Waals surface area contributed by atoms with E-state index < -0.39 is 28.5 Å². The van der Waals surface area contributed by atoms with E-state index in [4.69, 9.17) is 11.6 Å². The quantitative estimate of drug-likeness (QED) is 0.696. The number of nitrogens with one attached hydrogen (secondary N) is 2. The summed E-state index contributed by atoms with van der Waals surface area (Å²) in [6, 6.07) is 2.91. The first-order chi connectivity index (χ1) is 14.2. The monoisotopic (exact) mass is 442 g/mol. The van der Waals surface area contributed by atoms with Gasteiger partial charge in [0.15, 0.2) is 5.82 Å². The van der Waals surface area contributed by atoms with Crippen molar-refractivity contribution in [3.8, 4) is 0 Å². The Balaban J connectivity index is 1.61. The summed E-state index contributed by atoms with van der Waals surface area (Å²) in [5.41, 5.74) is 5.84. The van der Waals surface area contributed by atoms with Gasteiger partial charge < -0.3 is 10.3 Å². The number of hydrazine groups is 2. The van der Waals surface area contributed by atoms with Crippen LogP contribution in [0.1, 0.15) is 29.3 Å². The standard InChI is InChI=1S/C18H15ClF4N6O/c1-9-5-14-13(26-27-29(14)17-24-6-10(20)7-25-17)8-28(9)16(30)11-3-2-4-12(15(11)19)18(21,22)23/h2-4,6-7,9,26-27H,5,8H2,1H3/t9-/m0/s1. The number of carbonyl (C=O) groups is 1. The van der Waals surface area contributed by atoms with E-state index in [1.54, 1.807) is 6.92 Å². The van der Waals surface area contributed by atoms with Crippen LogP contribution >= 0.6 is 11.6 Å². The molecule has 0 fully saturated rings. The van der Waals surface area contributed by atoms with Crippen molar-refractivity contribution in [1.82, 2.24) is 25.8 Å². The van der Waals surface area contributed by atoms with Gasteiger partial charge in [0.05, 0.1) is 46.5 Å². The summed E-state index contributed by atoms with van der Waals surface area (Å²) in [6.07, 6.45) is -2.25. The lowest BCUT2D eigenvalue weighted by Crippen LogP contribution is -2.44. The lowest BCUT2D eigenvalue weighted by molar-refractivity contribution is -0.137. The third-order valence-electron chi connectivity index (χ3n) is 4.89. The number of alkyl halides is 3. The van der Waals surface area contributed by atoms with Crippen LogP contribution in [-0.2, 0) is 6.18 Å². The number of benzene rings is 1. The fourth-order valence-corrected chi connectivity index (χ4v) is 3.71. The van der Waals surface area contributed by atoms with Crippen molar-refractivity contribution in [1.29, 1.82) is 0 Å². The molecule has 2 aromatic rings. The summed E-state index contributed by atoms with van der Waals surface area (Å²) in [7, 11) is 0. The maximum Gasteiger partial charge on any atom is 0.417 e. The van der Waals surface area contributed by atoms with E-state index >= 15 is 0 Å². The molecule has 1 aromatic carbocycles. The minimum Gasteiger partial charge on any atom is -0.330 e. The van der Waals surface area contributed by atoms with Crippen LogP contribution < -0.4 is 16.0 Å². The van der Waals surface area contributed by atoms with Gasteiger partial charge in [-0.3, -0.25) is 4.79 Å². The summed E-state index contributed by atoms with van der Waals surface area (Å²) in [4.78, 5) is 22.3. The van der Waals surface area contributed by atoms with E-state index in [0.29, 0.717) is 12.1 Å². The molecule has 0 saturated carbocycles. The normalized spacial score (nSPS) is 19.1. The molecular weight excluding hydrogens is 428 g/mol. The second-order valence-electron chi connectivity index (χ2n) is 6.85. The Labute approximate surface area is 173 Å². The van der Waals surface area contributed by atoms with Crippen molar-refractivity contribution < 1.29 is 22.4 Å². The molecule has 2 aliphatic rings. The molecule has 3 heterocycles. The Kier molecular flexibility index (Phi) is 5.02.